The Morgan fingerprint density at radius 1 is 1.00 bits per heavy atom. The number of para-hydroxylation sites is 1. The van der Waals surface area contributed by atoms with Gasteiger partial charge in [0.25, 0.3) is 5.56 Å². The number of aromatic nitrogens is 2. The van der Waals surface area contributed by atoms with E-state index in [9.17, 15) is 9.59 Å². The van der Waals surface area contributed by atoms with Crippen LogP contribution in [-0.4, -0.2) is 20.3 Å². The molecule has 0 aliphatic rings. The van der Waals surface area contributed by atoms with E-state index in [1.165, 1.54) is 10.6 Å². The van der Waals surface area contributed by atoms with Gasteiger partial charge in [0.1, 0.15) is 5.56 Å². The van der Waals surface area contributed by atoms with Crippen LogP contribution in [0.1, 0.15) is 10.4 Å². The molecule has 0 saturated heterocycles. The average Bonchev–Trinajstić information content (AvgIpc) is 2.84. The van der Waals surface area contributed by atoms with E-state index in [1.54, 1.807) is 23.0 Å². The van der Waals surface area contributed by atoms with Crippen molar-refractivity contribution in [3.05, 3.63) is 70.6 Å². The maximum atomic E-state index is 12.2. The van der Waals surface area contributed by atoms with Crippen molar-refractivity contribution in [2.75, 3.05) is 0 Å². The smallest absolute Gasteiger partial charge is 0.341 e. The highest BCUT2D eigenvalue weighted by Gasteiger charge is 2.13. The van der Waals surface area contributed by atoms with Crippen LogP contribution in [0, 0.1) is 0 Å². The Bertz CT molecular complexity index is 816. The van der Waals surface area contributed by atoms with Crippen molar-refractivity contribution < 1.29 is 9.90 Å². The monoisotopic (exact) mass is 254 g/mol. The molecule has 0 radical (unpaired) electrons. The number of carboxylic acid groups (broad SMARTS) is 1. The Labute approximate surface area is 107 Å². The number of hydrogen-bond donors (Lipinski definition) is 1. The van der Waals surface area contributed by atoms with E-state index in [1.807, 2.05) is 30.3 Å². The average molecular weight is 254 g/mol. The Balaban J connectivity index is 2.37. The predicted molar refractivity (Wildman–Crippen MR) is 70.0 cm³/mol. The molecule has 2 heterocycles. The van der Waals surface area contributed by atoms with E-state index in [0.717, 1.165) is 5.69 Å². The summed E-state index contributed by atoms with van der Waals surface area (Å²) in [6.07, 6.45) is 1.73. The standard InChI is InChI=1S/C14H10N2O3/c17-13-12(14(18)19)7-6-11-8-9-15(16(11)13)10-4-2-1-3-5-10/h1-9H,(H,18,19). The van der Waals surface area contributed by atoms with Gasteiger partial charge in [-0.05, 0) is 30.3 Å². The van der Waals surface area contributed by atoms with Gasteiger partial charge in [0.05, 0.1) is 11.2 Å². The van der Waals surface area contributed by atoms with Crippen molar-refractivity contribution in [1.29, 1.82) is 0 Å². The summed E-state index contributed by atoms with van der Waals surface area (Å²) in [7, 11) is 0. The second kappa shape index (κ2) is 4.13. The third-order valence-corrected chi connectivity index (χ3v) is 2.94. The summed E-state index contributed by atoms with van der Waals surface area (Å²) in [5.74, 6) is -1.22. The van der Waals surface area contributed by atoms with Crippen molar-refractivity contribution >= 4 is 11.5 Å². The molecule has 1 N–H and O–H groups in total. The SMILES string of the molecule is O=C(O)c1ccc2ccn(-c3ccccc3)n2c1=O. The fraction of sp³-hybridized carbons (Fsp3) is 0. The lowest BCUT2D eigenvalue weighted by Crippen LogP contribution is -2.25. The third-order valence-electron chi connectivity index (χ3n) is 2.94. The molecule has 94 valence electrons. The van der Waals surface area contributed by atoms with Crippen LogP contribution < -0.4 is 5.56 Å². The van der Waals surface area contributed by atoms with E-state index in [0.29, 0.717) is 5.52 Å². The minimum absolute atomic E-state index is 0.242. The number of hydrogen-bond acceptors (Lipinski definition) is 2. The first-order chi connectivity index (χ1) is 9.18. The van der Waals surface area contributed by atoms with E-state index in [2.05, 4.69) is 0 Å². The zero-order chi connectivity index (χ0) is 13.4. The van der Waals surface area contributed by atoms with Crippen LogP contribution >= 0.6 is 0 Å². The number of aromatic carboxylic acids is 1. The van der Waals surface area contributed by atoms with Crippen LogP contribution in [-0.2, 0) is 0 Å². The predicted octanol–water partition coefficient (Wildman–Crippen LogP) is 1.79. The van der Waals surface area contributed by atoms with Gasteiger partial charge in [0.2, 0.25) is 0 Å². The summed E-state index contributed by atoms with van der Waals surface area (Å²) in [5.41, 5.74) is 0.660. The largest absolute Gasteiger partial charge is 0.477 e. The first-order valence-corrected chi connectivity index (χ1v) is 5.70. The van der Waals surface area contributed by atoms with Crippen LogP contribution in [0.25, 0.3) is 11.2 Å². The summed E-state index contributed by atoms with van der Waals surface area (Å²) in [6, 6.07) is 14.0. The molecule has 0 saturated carbocycles. The van der Waals surface area contributed by atoms with Crippen LogP contribution in [0.4, 0.5) is 0 Å². The number of rotatable bonds is 2. The van der Waals surface area contributed by atoms with Gasteiger partial charge >= 0.3 is 5.97 Å². The molecule has 0 spiro atoms. The van der Waals surface area contributed by atoms with Gasteiger partial charge in [-0.2, -0.15) is 0 Å². The molecule has 5 nitrogen and oxygen atoms in total. The Morgan fingerprint density at radius 2 is 1.74 bits per heavy atom. The van der Waals surface area contributed by atoms with Crippen LogP contribution in [0.5, 0.6) is 0 Å². The number of carboxylic acids is 1. The summed E-state index contributed by atoms with van der Waals surface area (Å²) in [5, 5.41) is 9.00. The van der Waals surface area contributed by atoms with Crippen molar-refractivity contribution in [3.63, 3.8) is 0 Å². The van der Waals surface area contributed by atoms with Crippen LogP contribution in [0.3, 0.4) is 0 Å². The lowest BCUT2D eigenvalue weighted by Gasteiger charge is -2.06. The van der Waals surface area contributed by atoms with Crippen molar-refractivity contribution in [1.82, 2.24) is 9.20 Å². The highest BCUT2D eigenvalue weighted by Crippen LogP contribution is 2.10. The topological polar surface area (TPSA) is 63.7 Å². The lowest BCUT2D eigenvalue weighted by molar-refractivity contribution is 0.0694. The van der Waals surface area contributed by atoms with Crippen molar-refractivity contribution in [2.24, 2.45) is 0 Å². The molecule has 0 atom stereocenters. The Morgan fingerprint density at radius 3 is 2.42 bits per heavy atom. The zero-order valence-electron chi connectivity index (χ0n) is 9.85. The highest BCUT2D eigenvalue weighted by atomic mass is 16.4. The number of carbonyl (C=O) groups is 1. The first kappa shape index (κ1) is 11.3. The quantitative estimate of drug-likeness (QED) is 0.758. The molecule has 0 aliphatic carbocycles. The van der Waals surface area contributed by atoms with Gasteiger partial charge in [-0.3, -0.25) is 9.48 Å². The van der Waals surface area contributed by atoms with E-state index >= 15 is 0 Å². The number of fused-ring (bicyclic) bond motifs is 1. The molecule has 19 heavy (non-hydrogen) atoms. The van der Waals surface area contributed by atoms with E-state index in [4.69, 9.17) is 5.11 Å². The van der Waals surface area contributed by atoms with Gasteiger partial charge in [-0.1, -0.05) is 18.2 Å². The molecule has 0 aliphatic heterocycles. The number of nitrogens with zero attached hydrogens (tertiary/aromatic N) is 2. The fourth-order valence-electron chi connectivity index (χ4n) is 2.05. The molecule has 5 heteroatoms. The van der Waals surface area contributed by atoms with Crippen molar-refractivity contribution in [2.45, 2.75) is 0 Å². The fourth-order valence-corrected chi connectivity index (χ4v) is 2.05. The van der Waals surface area contributed by atoms with E-state index in [-0.39, 0.29) is 5.56 Å². The summed E-state index contributed by atoms with van der Waals surface area (Å²) >= 11 is 0. The molecule has 3 aromatic rings. The molecule has 0 amide bonds. The highest BCUT2D eigenvalue weighted by molar-refractivity contribution is 5.87. The third kappa shape index (κ3) is 1.72. The van der Waals surface area contributed by atoms with Gasteiger partial charge in [-0.25, -0.2) is 9.31 Å². The number of pyridine rings is 1. The minimum atomic E-state index is -1.22. The summed E-state index contributed by atoms with van der Waals surface area (Å²) in [4.78, 5) is 23.2. The minimum Gasteiger partial charge on any atom is -0.477 e. The van der Waals surface area contributed by atoms with Gasteiger partial charge in [-0.15, -0.1) is 0 Å². The number of benzene rings is 1. The second-order valence-corrected chi connectivity index (χ2v) is 4.09. The molecule has 0 fully saturated rings. The summed E-state index contributed by atoms with van der Waals surface area (Å²) in [6.45, 7) is 0. The zero-order valence-corrected chi connectivity index (χ0v) is 9.85. The maximum Gasteiger partial charge on any atom is 0.341 e. The molecule has 0 bridgehead atoms. The molecule has 2 aromatic heterocycles. The van der Waals surface area contributed by atoms with Gasteiger partial charge < -0.3 is 5.11 Å². The van der Waals surface area contributed by atoms with Gasteiger partial charge in [0, 0.05) is 6.20 Å². The lowest BCUT2D eigenvalue weighted by atomic mass is 10.2. The Hall–Kier alpha value is -2.82. The summed E-state index contributed by atoms with van der Waals surface area (Å²) < 4.78 is 2.98. The Kier molecular flexibility index (Phi) is 2.45. The van der Waals surface area contributed by atoms with Crippen LogP contribution in [0.2, 0.25) is 0 Å². The molecular formula is C14H10N2O3. The van der Waals surface area contributed by atoms with E-state index < -0.39 is 11.5 Å². The molecule has 1 aromatic carbocycles. The van der Waals surface area contributed by atoms with Crippen molar-refractivity contribution in [3.8, 4) is 5.69 Å². The molecular weight excluding hydrogens is 244 g/mol. The molecule has 0 unspecified atom stereocenters. The maximum absolute atomic E-state index is 12.2. The molecule has 3 rings (SSSR count). The van der Waals surface area contributed by atoms with Gasteiger partial charge in [0.15, 0.2) is 0 Å². The first-order valence-electron chi connectivity index (χ1n) is 5.70. The normalized spacial score (nSPS) is 10.7. The second-order valence-electron chi connectivity index (χ2n) is 4.09. The van der Waals surface area contributed by atoms with Crippen LogP contribution in [0.15, 0.2) is 59.5 Å².